The first-order chi connectivity index (χ1) is 8.97. The topological polar surface area (TPSA) is 75.6 Å². The number of rotatable bonds is 6. The van der Waals surface area contributed by atoms with Gasteiger partial charge in [0.25, 0.3) is 0 Å². The number of carbonyl (C=O) groups excluding carboxylic acids is 1. The first-order valence-electron chi connectivity index (χ1n) is 6.09. The minimum absolute atomic E-state index is 0.249. The zero-order chi connectivity index (χ0) is 14.4. The summed E-state index contributed by atoms with van der Waals surface area (Å²) < 4.78 is 5.17. The van der Waals surface area contributed by atoms with Crippen molar-refractivity contribution in [3.8, 4) is 5.75 Å². The monoisotopic (exact) mass is 265 g/mol. The summed E-state index contributed by atoms with van der Waals surface area (Å²) in [6, 6.07) is 7.28. The van der Waals surface area contributed by atoms with E-state index in [1.807, 2.05) is 18.2 Å². The maximum Gasteiger partial charge on any atom is 0.316 e. The number of hydrogen-bond donors (Lipinski definition) is 2. The highest BCUT2D eigenvalue weighted by Crippen LogP contribution is 2.17. The number of carbonyl (C=O) groups is 2. The Morgan fingerprint density at radius 2 is 1.95 bits per heavy atom. The van der Waals surface area contributed by atoms with Gasteiger partial charge in [-0.25, -0.2) is 0 Å². The molecule has 0 bridgehead atoms. The predicted octanol–water partition coefficient (Wildman–Crippen LogP) is 1.67. The van der Waals surface area contributed by atoms with Crippen molar-refractivity contribution in [3.63, 3.8) is 0 Å². The number of ether oxygens (including phenoxy) is 1. The lowest BCUT2D eigenvalue weighted by atomic mass is 9.95. The molecule has 0 radical (unpaired) electrons. The van der Waals surface area contributed by atoms with E-state index in [1.165, 1.54) is 0 Å². The highest BCUT2D eigenvalue weighted by Gasteiger charge is 2.29. The fourth-order valence-electron chi connectivity index (χ4n) is 1.84. The lowest BCUT2D eigenvalue weighted by Gasteiger charge is -2.16. The number of hydrogen-bond acceptors (Lipinski definition) is 3. The van der Waals surface area contributed by atoms with Crippen molar-refractivity contribution in [2.24, 2.45) is 11.8 Å². The van der Waals surface area contributed by atoms with E-state index in [4.69, 9.17) is 9.84 Å². The Balaban J connectivity index is 2.70. The molecule has 1 rings (SSSR count). The van der Waals surface area contributed by atoms with E-state index in [0.29, 0.717) is 5.75 Å². The van der Waals surface area contributed by atoms with Gasteiger partial charge < -0.3 is 15.2 Å². The molecule has 0 aliphatic heterocycles. The average molecular weight is 265 g/mol. The van der Waals surface area contributed by atoms with Crippen LogP contribution in [0.1, 0.15) is 19.4 Å². The summed E-state index contributed by atoms with van der Waals surface area (Å²) in [5, 5.41) is 11.7. The Bertz CT molecular complexity index is 457. The Morgan fingerprint density at radius 3 is 2.47 bits per heavy atom. The van der Waals surface area contributed by atoms with Crippen LogP contribution in [0.3, 0.4) is 0 Å². The second kappa shape index (κ2) is 6.78. The predicted molar refractivity (Wildman–Crippen MR) is 70.8 cm³/mol. The van der Waals surface area contributed by atoms with Crippen LogP contribution in [-0.2, 0) is 16.1 Å². The summed E-state index contributed by atoms with van der Waals surface area (Å²) in [4.78, 5) is 22.9. The molecule has 5 nitrogen and oxygen atoms in total. The average Bonchev–Trinajstić information content (AvgIpc) is 2.35. The van der Waals surface area contributed by atoms with Gasteiger partial charge in [0, 0.05) is 12.1 Å². The Morgan fingerprint density at radius 1 is 1.32 bits per heavy atom. The van der Waals surface area contributed by atoms with Crippen molar-refractivity contribution in [3.05, 3.63) is 29.8 Å². The second-order valence-corrected chi connectivity index (χ2v) is 4.59. The molecule has 19 heavy (non-hydrogen) atoms. The number of aliphatic carboxylic acids is 1. The number of carboxylic acids is 1. The van der Waals surface area contributed by atoms with Gasteiger partial charge in [0.2, 0.25) is 5.91 Å². The lowest BCUT2D eigenvalue weighted by molar-refractivity contribution is -0.148. The zero-order valence-electron chi connectivity index (χ0n) is 11.3. The van der Waals surface area contributed by atoms with E-state index in [1.54, 1.807) is 27.0 Å². The SMILES string of the molecule is COc1ccccc1CNC(=O)C(C(=O)O)C(C)C. The summed E-state index contributed by atoms with van der Waals surface area (Å²) in [7, 11) is 1.55. The van der Waals surface area contributed by atoms with Gasteiger partial charge in [0.05, 0.1) is 7.11 Å². The summed E-state index contributed by atoms with van der Waals surface area (Å²) in [5.41, 5.74) is 0.811. The maximum absolute atomic E-state index is 11.9. The van der Waals surface area contributed by atoms with E-state index in [2.05, 4.69) is 5.32 Å². The van der Waals surface area contributed by atoms with Crippen molar-refractivity contribution in [1.29, 1.82) is 0 Å². The molecule has 1 amide bonds. The summed E-state index contributed by atoms with van der Waals surface area (Å²) in [6.45, 7) is 3.67. The van der Waals surface area contributed by atoms with Crippen molar-refractivity contribution >= 4 is 11.9 Å². The molecular weight excluding hydrogens is 246 g/mol. The largest absolute Gasteiger partial charge is 0.496 e. The standard InChI is InChI=1S/C14H19NO4/c1-9(2)12(14(17)18)13(16)15-8-10-6-4-5-7-11(10)19-3/h4-7,9,12H,8H2,1-3H3,(H,15,16)(H,17,18). The fraction of sp³-hybridized carbons (Fsp3) is 0.429. The lowest BCUT2D eigenvalue weighted by Crippen LogP contribution is -2.38. The van der Waals surface area contributed by atoms with E-state index in [0.717, 1.165) is 5.56 Å². The third-order valence-corrected chi connectivity index (χ3v) is 2.86. The summed E-state index contributed by atoms with van der Waals surface area (Å²) >= 11 is 0. The van der Waals surface area contributed by atoms with Gasteiger partial charge in [0.15, 0.2) is 0 Å². The molecule has 0 spiro atoms. The van der Waals surface area contributed by atoms with Crippen LogP contribution in [-0.4, -0.2) is 24.1 Å². The molecule has 1 aromatic rings. The summed E-state index contributed by atoms with van der Waals surface area (Å²) in [5.74, 6) is -2.20. The van der Waals surface area contributed by atoms with Gasteiger partial charge >= 0.3 is 5.97 Å². The quantitative estimate of drug-likeness (QED) is 0.767. The molecule has 0 heterocycles. The molecule has 0 saturated carbocycles. The van der Waals surface area contributed by atoms with Crippen molar-refractivity contribution in [1.82, 2.24) is 5.32 Å². The number of carboxylic acid groups (broad SMARTS) is 1. The number of amides is 1. The molecule has 1 unspecified atom stereocenters. The molecule has 104 valence electrons. The normalized spacial score (nSPS) is 12.0. The van der Waals surface area contributed by atoms with Crippen molar-refractivity contribution < 1.29 is 19.4 Å². The van der Waals surface area contributed by atoms with E-state index in [9.17, 15) is 9.59 Å². The van der Waals surface area contributed by atoms with Crippen LogP contribution in [0.15, 0.2) is 24.3 Å². The van der Waals surface area contributed by atoms with Crippen LogP contribution < -0.4 is 10.1 Å². The first-order valence-corrected chi connectivity index (χ1v) is 6.09. The fourth-order valence-corrected chi connectivity index (χ4v) is 1.84. The van der Waals surface area contributed by atoms with Gasteiger partial charge in [-0.3, -0.25) is 9.59 Å². The molecule has 1 atom stereocenters. The molecule has 0 aliphatic carbocycles. The van der Waals surface area contributed by atoms with Crippen LogP contribution in [0.5, 0.6) is 5.75 Å². The van der Waals surface area contributed by atoms with Crippen LogP contribution in [0, 0.1) is 11.8 Å². The van der Waals surface area contributed by atoms with Gasteiger partial charge in [-0.1, -0.05) is 32.0 Å². The minimum Gasteiger partial charge on any atom is -0.496 e. The highest BCUT2D eigenvalue weighted by atomic mass is 16.5. The molecule has 0 aliphatic rings. The van der Waals surface area contributed by atoms with E-state index < -0.39 is 17.8 Å². The van der Waals surface area contributed by atoms with Crippen LogP contribution in [0.2, 0.25) is 0 Å². The highest BCUT2D eigenvalue weighted by molar-refractivity contribution is 5.97. The molecule has 0 aromatic heterocycles. The number of para-hydroxylation sites is 1. The molecule has 0 fully saturated rings. The number of benzene rings is 1. The Hall–Kier alpha value is -2.04. The van der Waals surface area contributed by atoms with Crippen molar-refractivity contribution in [2.75, 3.05) is 7.11 Å². The third-order valence-electron chi connectivity index (χ3n) is 2.86. The molecule has 5 heteroatoms. The number of methoxy groups -OCH3 is 1. The van der Waals surface area contributed by atoms with Gasteiger partial charge in [-0.2, -0.15) is 0 Å². The molecule has 2 N–H and O–H groups in total. The van der Waals surface area contributed by atoms with Gasteiger partial charge in [-0.05, 0) is 12.0 Å². The Labute approximate surface area is 112 Å². The first kappa shape index (κ1) is 15.0. The Kier molecular flexibility index (Phi) is 5.36. The van der Waals surface area contributed by atoms with Crippen molar-refractivity contribution in [2.45, 2.75) is 20.4 Å². The minimum atomic E-state index is -1.10. The zero-order valence-corrected chi connectivity index (χ0v) is 11.3. The molecule has 0 saturated heterocycles. The van der Waals surface area contributed by atoms with E-state index in [-0.39, 0.29) is 12.5 Å². The smallest absolute Gasteiger partial charge is 0.316 e. The molecular formula is C14H19NO4. The van der Waals surface area contributed by atoms with Crippen LogP contribution >= 0.6 is 0 Å². The van der Waals surface area contributed by atoms with Gasteiger partial charge in [-0.15, -0.1) is 0 Å². The van der Waals surface area contributed by atoms with Crippen LogP contribution in [0.25, 0.3) is 0 Å². The number of nitrogens with one attached hydrogen (secondary N) is 1. The summed E-state index contributed by atoms with van der Waals surface area (Å²) in [6.07, 6.45) is 0. The van der Waals surface area contributed by atoms with Gasteiger partial charge in [0.1, 0.15) is 11.7 Å². The maximum atomic E-state index is 11.9. The third kappa shape index (κ3) is 3.98. The second-order valence-electron chi connectivity index (χ2n) is 4.59. The van der Waals surface area contributed by atoms with Crippen LogP contribution in [0.4, 0.5) is 0 Å². The molecule has 1 aromatic carbocycles. The van der Waals surface area contributed by atoms with E-state index >= 15 is 0 Å².